The molecule has 0 aromatic heterocycles. The normalized spacial score (nSPS) is 24.1. The second kappa shape index (κ2) is 5.16. The fraction of sp³-hybridized carbons (Fsp3) is 0.900. The minimum atomic E-state index is -3.49. The Labute approximate surface area is 107 Å². The van der Waals surface area contributed by atoms with Crippen LogP contribution >= 0.6 is 16.0 Å². The molecule has 1 saturated heterocycles. The summed E-state index contributed by atoms with van der Waals surface area (Å²) in [7, 11) is 8.71. The molecule has 1 aliphatic heterocycles. The molecule has 0 amide bonds. The molecule has 5 nitrogen and oxygen atoms in total. The Morgan fingerprint density at radius 2 is 1.53 bits per heavy atom. The van der Waals surface area contributed by atoms with Crippen molar-refractivity contribution in [2.75, 3.05) is 48.4 Å². The molecule has 0 aliphatic carbocycles. The summed E-state index contributed by atoms with van der Waals surface area (Å²) in [6.07, 6.45) is 3.46. The summed E-state index contributed by atoms with van der Waals surface area (Å²) in [5.41, 5.74) is 1.18. The molecule has 0 saturated carbocycles. The van der Waals surface area contributed by atoms with E-state index < -0.39 is 7.43 Å². The molecule has 0 bridgehead atoms. The van der Waals surface area contributed by atoms with E-state index in [4.69, 9.17) is 4.76 Å². The Balaban J connectivity index is 3.30. The van der Waals surface area contributed by atoms with Crippen LogP contribution in [0.15, 0.2) is 4.76 Å². The molecule has 1 fully saturated rings. The van der Waals surface area contributed by atoms with Gasteiger partial charge in [-0.15, -0.1) is 0 Å². The third-order valence-corrected chi connectivity index (χ3v) is 9.82. The Morgan fingerprint density at radius 1 is 1.06 bits per heavy atom. The quantitative estimate of drug-likeness (QED) is 0.795. The van der Waals surface area contributed by atoms with E-state index in [2.05, 4.69) is 0 Å². The van der Waals surface area contributed by atoms with Gasteiger partial charge in [-0.2, -0.15) is 0 Å². The molecular formula is C10H26N4OP2. The molecule has 1 heterocycles. The van der Waals surface area contributed by atoms with E-state index in [0.717, 1.165) is 15.0 Å². The summed E-state index contributed by atoms with van der Waals surface area (Å²) in [4.78, 5) is 11.4. The van der Waals surface area contributed by atoms with Crippen LogP contribution in [0, 0.1) is 0 Å². The van der Waals surface area contributed by atoms with Gasteiger partial charge in [0.25, 0.3) is 0 Å². The van der Waals surface area contributed by atoms with Gasteiger partial charge in [-0.3, -0.25) is 0 Å². The van der Waals surface area contributed by atoms with Crippen molar-refractivity contribution in [3.05, 3.63) is 0 Å². The molecule has 1 unspecified atom stereocenters. The van der Waals surface area contributed by atoms with Crippen LogP contribution in [0.3, 0.4) is 0 Å². The molecule has 1 N–H and O–H groups in total. The maximum absolute atomic E-state index is 11.4. The van der Waals surface area contributed by atoms with E-state index in [1.54, 1.807) is 0 Å². The van der Waals surface area contributed by atoms with Crippen molar-refractivity contribution in [2.45, 2.75) is 12.8 Å². The zero-order valence-electron chi connectivity index (χ0n) is 11.8. The van der Waals surface area contributed by atoms with Crippen LogP contribution in [0.25, 0.3) is 0 Å². The van der Waals surface area contributed by atoms with Gasteiger partial charge in [-0.05, 0) is 0 Å². The van der Waals surface area contributed by atoms with Gasteiger partial charge in [0, 0.05) is 0 Å². The van der Waals surface area contributed by atoms with Crippen LogP contribution < -0.4 is 0 Å². The zero-order valence-corrected chi connectivity index (χ0v) is 13.7. The fourth-order valence-electron chi connectivity index (χ4n) is 2.22. The predicted molar refractivity (Wildman–Crippen MR) is 80.1 cm³/mol. The van der Waals surface area contributed by atoms with E-state index in [0.29, 0.717) is 0 Å². The van der Waals surface area contributed by atoms with Gasteiger partial charge in [-0.1, -0.05) is 0 Å². The summed E-state index contributed by atoms with van der Waals surface area (Å²) >= 11 is 0. The van der Waals surface area contributed by atoms with Gasteiger partial charge in [0.1, 0.15) is 0 Å². The molecule has 1 rings (SSSR count). The number of hydrogen-bond acceptors (Lipinski definition) is 5. The van der Waals surface area contributed by atoms with Gasteiger partial charge in [0.05, 0.1) is 0 Å². The minimum absolute atomic E-state index is 0.775. The summed E-state index contributed by atoms with van der Waals surface area (Å²) in [6.45, 7) is 0. The van der Waals surface area contributed by atoms with Crippen LogP contribution in [0.2, 0.25) is 0 Å². The fourth-order valence-corrected chi connectivity index (χ4v) is 7.25. The standard InChI is InChI=1S/C10H26N4OP2/c1-12(2)17(15,13(3)4,14(5)6)11-10-8-7-9-16-10/h15-16H,7-9H2,1-6H3. The zero-order chi connectivity index (χ0) is 13.3. The van der Waals surface area contributed by atoms with E-state index in [1.807, 2.05) is 56.3 Å². The first-order chi connectivity index (χ1) is 7.73. The molecule has 1 aliphatic rings. The Kier molecular flexibility index (Phi) is 4.68. The average molecular weight is 280 g/mol. The summed E-state index contributed by atoms with van der Waals surface area (Å²) < 4.78 is 10.5. The van der Waals surface area contributed by atoms with Gasteiger partial charge in [-0.25, -0.2) is 0 Å². The SMILES string of the molecule is CN(C)P(O)(N=C1CCCP1)(N(C)C)N(C)C. The van der Waals surface area contributed by atoms with E-state index >= 15 is 0 Å². The molecule has 0 aromatic rings. The summed E-state index contributed by atoms with van der Waals surface area (Å²) in [5, 5.41) is 0. The second-order valence-electron chi connectivity index (χ2n) is 5.01. The van der Waals surface area contributed by atoms with Crippen LogP contribution in [0.1, 0.15) is 12.8 Å². The van der Waals surface area contributed by atoms with Crippen molar-refractivity contribution in [3.63, 3.8) is 0 Å². The molecule has 102 valence electrons. The number of rotatable bonds is 4. The summed E-state index contributed by atoms with van der Waals surface area (Å²) in [6, 6.07) is 0. The third-order valence-electron chi connectivity index (χ3n) is 3.37. The van der Waals surface area contributed by atoms with Crippen LogP contribution in [0.5, 0.6) is 0 Å². The van der Waals surface area contributed by atoms with Crippen LogP contribution in [-0.4, -0.2) is 72.8 Å². The van der Waals surface area contributed by atoms with Gasteiger partial charge < -0.3 is 0 Å². The van der Waals surface area contributed by atoms with Crippen molar-refractivity contribution < 1.29 is 4.89 Å². The first kappa shape index (κ1) is 15.4. The number of nitrogens with zero attached hydrogens (tertiary/aromatic N) is 4. The van der Waals surface area contributed by atoms with Crippen molar-refractivity contribution in [2.24, 2.45) is 4.76 Å². The first-order valence-corrected chi connectivity index (χ1v) is 9.07. The second-order valence-corrected chi connectivity index (χ2v) is 10.8. The van der Waals surface area contributed by atoms with Crippen molar-refractivity contribution in [3.8, 4) is 0 Å². The topological polar surface area (TPSA) is 42.3 Å². The number of hydrogen-bond donors (Lipinski definition) is 1. The molecule has 0 aromatic carbocycles. The van der Waals surface area contributed by atoms with E-state index in [1.165, 1.54) is 18.0 Å². The molecule has 7 heteroatoms. The monoisotopic (exact) mass is 280 g/mol. The van der Waals surface area contributed by atoms with Gasteiger partial charge in [0.2, 0.25) is 0 Å². The maximum atomic E-state index is 11.4. The molecular weight excluding hydrogens is 254 g/mol. The Bertz CT molecular complexity index is 285. The molecule has 0 radical (unpaired) electrons. The van der Waals surface area contributed by atoms with E-state index in [-0.39, 0.29) is 0 Å². The van der Waals surface area contributed by atoms with Gasteiger partial charge >= 0.3 is 106 Å². The van der Waals surface area contributed by atoms with Crippen molar-refractivity contribution in [1.82, 2.24) is 14.0 Å². The Hall–Kier alpha value is 0.370. The molecule has 1 atom stereocenters. The predicted octanol–water partition coefficient (Wildman–Crippen LogP) is 1.66. The van der Waals surface area contributed by atoms with Crippen LogP contribution in [0.4, 0.5) is 0 Å². The first-order valence-electron chi connectivity index (χ1n) is 5.86. The molecule has 0 spiro atoms. The molecule has 17 heavy (non-hydrogen) atoms. The van der Waals surface area contributed by atoms with E-state index in [9.17, 15) is 4.89 Å². The van der Waals surface area contributed by atoms with Gasteiger partial charge in [0.15, 0.2) is 0 Å². The van der Waals surface area contributed by atoms with Crippen molar-refractivity contribution in [1.29, 1.82) is 0 Å². The average Bonchev–Trinajstić information content (AvgIpc) is 2.69. The Morgan fingerprint density at radius 3 is 1.82 bits per heavy atom. The summed E-state index contributed by atoms with van der Waals surface area (Å²) in [5.74, 6) is 0. The van der Waals surface area contributed by atoms with Crippen LogP contribution in [-0.2, 0) is 0 Å². The third kappa shape index (κ3) is 2.42. The van der Waals surface area contributed by atoms with Crippen molar-refractivity contribution >= 4 is 21.5 Å².